The molecule has 0 fully saturated rings. The number of likely N-dealkylation sites (N-methyl/N-ethyl adjacent to an activating group) is 1. The summed E-state index contributed by atoms with van der Waals surface area (Å²) < 4.78 is 24.5. The Morgan fingerprint density at radius 3 is 2.53 bits per heavy atom. The minimum absolute atomic E-state index is 0.391. The molecule has 1 rings (SSSR count). The van der Waals surface area contributed by atoms with Crippen molar-refractivity contribution in [2.45, 2.75) is 13.8 Å². The first-order valence-corrected chi connectivity index (χ1v) is 8.03. The number of aryl methyl sites for hydroxylation is 1. The summed E-state index contributed by atoms with van der Waals surface area (Å²) in [4.78, 5) is 2.10. The molecule has 6 nitrogen and oxygen atoms in total. The van der Waals surface area contributed by atoms with Crippen molar-refractivity contribution in [2.24, 2.45) is 5.84 Å². The highest BCUT2D eigenvalue weighted by atomic mass is 32.2. The second-order valence-corrected chi connectivity index (χ2v) is 6.22. The van der Waals surface area contributed by atoms with Gasteiger partial charge in [-0.25, -0.2) is 13.1 Å². The summed E-state index contributed by atoms with van der Waals surface area (Å²) in [5.41, 5.74) is 5.62. The number of hydrogen-bond acceptors (Lipinski definition) is 5. The first-order chi connectivity index (χ1) is 8.87. The van der Waals surface area contributed by atoms with Crippen LogP contribution in [0.25, 0.3) is 0 Å². The third-order valence-electron chi connectivity index (χ3n) is 2.86. The van der Waals surface area contributed by atoms with Crippen LogP contribution in [0, 0.1) is 6.92 Å². The van der Waals surface area contributed by atoms with Gasteiger partial charge in [-0.2, -0.15) is 0 Å². The van der Waals surface area contributed by atoms with Crippen molar-refractivity contribution in [1.29, 1.82) is 0 Å². The van der Waals surface area contributed by atoms with Crippen molar-refractivity contribution >= 4 is 21.4 Å². The van der Waals surface area contributed by atoms with Crippen LogP contribution >= 0.6 is 0 Å². The van der Waals surface area contributed by atoms with E-state index in [0.717, 1.165) is 29.7 Å². The van der Waals surface area contributed by atoms with Crippen molar-refractivity contribution in [1.82, 2.24) is 4.72 Å². The van der Waals surface area contributed by atoms with E-state index in [1.165, 1.54) is 0 Å². The smallest absolute Gasteiger partial charge is 0.208 e. The number of nitrogens with zero attached hydrogens (tertiary/aromatic N) is 1. The fourth-order valence-electron chi connectivity index (χ4n) is 1.84. The van der Waals surface area contributed by atoms with Crippen LogP contribution in [0.5, 0.6) is 0 Å². The van der Waals surface area contributed by atoms with Gasteiger partial charge in [0, 0.05) is 25.3 Å². The molecule has 0 saturated carbocycles. The minimum atomic E-state index is -3.13. The summed E-state index contributed by atoms with van der Waals surface area (Å²) >= 11 is 0. The lowest BCUT2D eigenvalue weighted by Crippen LogP contribution is -2.34. The van der Waals surface area contributed by atoms with E-state index in [2.05, 4.69) is 15.0 Å². The number of nitrogens with two attached hydrogens (primary N) is 1. The number of hydrazine groups is 1. The third kappa shape index (κ3) is 5.06. The van der Waals surface area contributed by atoms with Gasteiger partial charge in [0.15, 0.2) is 0 Å². The summed E-state index contributed by atoms with van der Waals surface area (Å²) in [6.07, 6.45) is 1.16. The Morgan fingerprint density at radius 2 is 2.05 bits per heavy atom. The molecule has 19 heavy (non-hydrogen) atoms. The van der Waals surface area contributed by atoms with Crippen molar-refractivity contribution in [3.05, 3.63) is 23.8 Å². The topological polar surface area (TPSA) is 87.5 Å². The molecule has 0 heterocycles. The highest BCUT2D eigenvalue weighted by Crippen LogP contribution is 2.21. The zero-order valence-corrected chi connectivity index (χ0v) is 12.4. The van der Waals surface area contributed by atoms with E-state index in [0.29, 0.717) is 13.1 Å². The Bertz CT molecular complexity index is 516. The van der Waals surface area contributed by atoms with Crippen LogP contribution in [0.2, 0.25) is 0 Å². The van der Waals surface area contributed by atoms with E-state index >= 15 is 0 Å². The highest BCUT2D eigenvalue weighted by Gasteiger charge is 2.07. The van der Waals surface area contributed by atoms with Crippen LogP contribution in [0.1, 0.15) is 12.5 Å². The van der Waals surface area contributed by atoms with E-state index < -0.39 is 10.0 Å². The van der Waals surface area contributed by atoms with Crippen LogP contribution in [0.4, 0.5) is 11.4 Å². The number of benzene rings is 1. The molecule has 0 spiro atoms. The number of rotatable bonds is 7. The third-order valence-corrected chi connectivity index (χ3v) is 3.59. The number of anilines is 2. The largest absolute Gasteiger partial charge is 0.370 e. The summed E-state index contributed by atoms with van der Waals surface area (Å²) in [6.45, 7) is 5.83. The van der Waals surface area contributed by atoms with Crippen molar-refractivity contribution in [3.8, 4) is 0 Å². The molecule has 0 aliphatic carbocycles. The normalized spacial score (nSPS) is 11.4. The van der Waals surface area contributed by atoms with Gasteiger partial charge < -0.3 is 10.3 Å². The lowest BCUT2D eigenvalue weighted by atomic mass is 10.1. The Balaban J connectivity index is 2.72. The molecule has 108 valence electrons. The van der Waals surface area contributed by atoms with E-state index in [4.69, 9.17) is 5.84 Å². The van der Waals surface area contributed by atoms with Crippen molar-refractivity contribution in [3.63, 3.8) is 0 Å². The number of nitrogens with one attached hydrogen (secondary N) is 2. The molecular formula is C12H22N4O2S. The second-order valence-electron chi connectivity index (χ2n) is 4.39. The Hall–Kier alpha value is -1.31. The SMILES string of the molecule is CCN(CCNS(C)(=O)=O)c1ccc(NN)c(C)c1. The maximum atomic E-state index is 11.0. The molecule has 0 aliphatic rings. The van der Waals surface area contributed by atoms with E-state index in [1.54, 1.807) is 0 Å². The van der Waals surface area contributed by atoms with Gasteiger partial charge in [-0.1, -0.05) is 0 Å². The molecule has 0 aromatic heterocycles. The van der Waals surface area contributed by atoms with Crippen LogP contribution < -0.4 is 20.9 Å². The monoisotopic (exact) mass is 286 g/mol. The summed E-state index contributed by atoms with van der Waals surface area (Å²) in [5.74, 6) is 5.40. The fraction of sp³-hybridized carbons (Fsp3) is 0.500. The predicted molar refractivity (Wildman–Crippen MR) is 79.7 cm³/mol. The predicted octanol–water partition coefficient (Wildman–Crippen LogP) is 0.656. The maximum absolute atomic E-state index is 11.0. The molecule has 0 amide bonds. The zero-order valence-electron chi connectivity index (χ0n) is 11.6. The maximum Gasteiger partial charge on any atom is 0.208 e. The summed E-state index contributed by atoms with van der Waals surface area (Å²) in [7, 11) is -3.13. The second kappa shape index (κ2) is 6.74. The van der Waals surface area contributed by atoms with Crippen LogP contribution in [-0.4, -0.2) is 34.3 Å². The van der Waals surface area contributed by atoms with E-state index in [1.807, 2.05) is 32.0 Å². The van der Waals surface area contributed by atoms with Crippen molar-refractivity contribution in [2.75, 3.05) is 36.2 Å². The number of sulfonamides is 1. The van der Waals surface area contributed by atoms with E-state index in [9.17, 15) is 8.42 Å². The number of nitrogen functional groups attached to an aromatic ring is 1. The molecule has 0 atom stereocenters. The molecular weight excluding hydrogens is 264 g/mol. The lowest BCUT2D eigenvalue weighted by Gasteiger charge is -2.24. The van der Waals surface area contributed by atoms with Gasteiger partial charge in [0.05, 0.1) is 11.9 Å². The summed E-state index contributed by atoms with van der Waals surface area (Å²) in [6, 6.07) is 5.91. The Morgan fingerprint density at radius 1 is 1.37 bits per heavy atom. The van der Waals surface area contributed by atoms with Crippen LogP contribution in [-0.2, 0) is 10.0 Å². The standard InChI is InChI=1S/C12H22N4O2S/c1-4-16(8-7-14-19(3,17)18)11-5-6-12(15-13)10(2)9-11/h5-6,9,14-15H,4,7-8,13H2,1-3H3. The fourth-order valence-corrected chi connectivity index (χ4v) is 2.30. The number of hydrogen-bond donors (Lipinski definition) is 3. The van der Waals surface area contributed by atoms with E-state index in [-0.39, 0.29) is 0 Å². The highest BCUT2D eigenvalue weighted by molar-refractivity contribution is 7.88. The first-order valence-electron chi connectivity index (χ1n) is 6.14. The lowest BCUT2D eigenvalue weighted by molar-refractivity contribution is 0.587. The summed E-state index contributed by atoms with van der Waals surface area (Å²) in [5, 5.41) is 0. The molecule has 1 aromatic rings. The molecule has 0 bridgehead atoms. The van der Waals surface area contributed by atoms with Gasteiger partial charge in [-0.3, -0.25) is 5.84 Å². The van der Waals surface area contributed by atoms with Gasteiger partial charge in [0.25, 0.3) is 0 Å². The molecule has 0 saturated heterocycles. The van der Waals surface area contributed by atoms with Gasteiger partial charge in [-0.05, 0) is 37.6 Å². The van der Waals surface area contributed by atoms with Gasteiger partial charge in [0.2, 0.25) is 10.0 Å². The average molecular weight is 286 g/mol. The van der Waals surface area contributed by atoms with Crippen LogP contribution in [0.15, 0.2) is 18.2 Å². The van der Waals surface area contributed by atoms with Gasteiger partial charge in [-0.15, -0.1) is 0 Å². The quantitative estimate of drug-likeness (QED) is 0.506. The molecule has 0 unspecified atom stereocenters. The van der Waals surface area contributed by atoms with Crippen LogP contribution in [0.3, 0.4) is 0 Å². The minimum Gasteiger partial charge on any atom is -0.370 e. The van der Waals surface area contributed by atoms with Gasteiger partial charge in [0.1, 0.15) is 0 Å². The molecule has 1 aromatic carbocycles. The molecule has 7 heteroatoms. The molecule has 0 aliphatic heterocycles. The Labute approximate surface area is 115 Å². The average Bonchev–Trinajstić information content (AvgIpc) is 2.33. The zero-order chi connectivity index (χ0) is 14.5. The first kappa shape index (κ1) is 15.7. The van der Waals surface area contributed by atoms with Crippen molar-refractivity contribution < 1.29 is 8.42 Å². The molecule has 0 radical (unpaired) electrons. The Kier molecular flexibility index (Phi) is 5.59. The molecule has 4 N–H and O–H groups in total. The van der Waals surface area contributed by atoms with Gasteiger partial charge >= 0.3 is 0 Å².